The van der Waals surface area contributed by atoms with Crippen LogP contribution in [0, 0.1) is 0 Å². The number of phenols is 1. The van der Waals surface area contributed by atoms with Crippen LogP contribution in [0.15, 0.2) is 42.5 Å². The van der Waals surface area contributed by atoms with E-state index in [4.69, 9.17) is 24.3 Å². The number of allylic oxidation sites excluding steroid dienone is 2. The Bertz CT molecular complexity index is 300. The molecule has 0 saturated carbocycles. The molecule has 0 aliphatic rings. The van der Waals surface area contributed by atoms with Crippen LogP contribution in [0.1, 0.15) is 6.92 Å². The number of aldehydes is 1. The first-order valence-corrected chi connectivity index (χ1v) is 6.30. The van der Waals surface area contributed by atoms with Gasteiger partial charge in [-0.15, -0.1) is 0 Å². The summed E-state index contributed by atoms with van der Waals surface area (Å²) in [4.78, 5) is 38.6. The Morgan fingerprint density at radius 3 is 1.59 bits per heavy atom. The first kappa shape index (κ1) is 17.9. The Balaban J connectivity index is 0. The number of hydrogen-bond donors (Lipinski definition) is 5. The van der Waals surface area contributed by atoms with Crippen molar-refractivity contribution in [2.75, 3.05) is 0 Å². The summed E-state index contributed by atoms with van der Waals surface area (Å²) in [7, 11) is -4.61. The van der Waals surface area contributed by atoms with E-state index in [0.29, 0.717) is 5.75 Å². The molecule has 1 aromatic rings. The average Bonchev–Trinajstić information content (AvgIpc) is 2.18. The molecule has 0 unspecified atom stereocenters. The van der Waals surface area contributed by atoms with Crippen LogP contribution in [-0.2, 0) is 4.79 Å². The number of phenolic OH excluding ortho intramolecular Hbond substituents is 1. The summed E-state index contributed by atoms with van der Waals surface area (Å²) in [6.07, 6.45) is 3.88. The maximum Gasteiger partial charge on any atom is 0.668 e. The van der Waals surface area contributed by atoms with E-state index in [2.05, 4.69) is 0 Å². The third-order valence-corrected chi connectivity index (χ3v) is 1.03. The lowest BCUT2D eigenvalue weighted by atomic mass is 10.3. The van der Waals surface area contributed by atoms with Crippen LogP contribution in [0.2, 0.25) is 0 Å². The lowest BCUT2D eigenvalue weighted by Crippen LogP contribution is -2.33. The first-order valence-electron chi connectivity index (χ1n) is 4.51. The lowest BCUT2D eigenvalue weighted by Gasteiger charge is -1.91. The zero-order chi connectivity index (χ0) is 13.7. The molecule has 17 heavy (non-hydrogen) atoms. The average molecular weight is 260 g/mol. The van der Waals surface area contributed by atoms with Crippen LogP contribution in [0.4, 0.5) is 0 Å². The number of hydrogen-bond acceptors (Lipinski definition) is 6. The fourth-order valence-corrected chi connectivity index (χ4v) is 0.507. The summed E-state index contributed by atoms with van der Waals surface area (Å²) >= 11 is 0. The Labute approximate surface area is 100 Å². The Morgan fingerprint density at radius 2 is 1.47 bits per heavy atom. The number of para-hydroxylation sites is 1. The van der Waals surface area contributed by atoms with Crippen molar-refractivity contribution in [1.29, 1.82) is 0 Å². The SMILES string of the molecule is CC=CC=O.O[Si](O)(O)O.Oc1ccccc1. The third kappa shape index (κ3) is 31.4. The van der Waals surface area contributed by atoms with Gasteiger partial charge in [0.1, 0.15) is 12.0 Å². The van der Waals surface area contributed by atoms with Crippen LogP contribution >= 0.6 is 0 Å². The van der Waals surface area contributed by atoms with Crippen molar-refractivity contribution in [1.82, 2.24) is 0 Å². The highest BCUT2D eigenvalue weighted by Crippen LogP contribution is 2.02. The van der Waals surface area contributed by atoms with Crippen LogP contribution in [0.5, 0.6) is 5.75 Å². The second-order valence-electron chi connectivity index (χ2n) is 2.60. The molecular formula is C10H16O6Si. The fourth-order valence-electron chi connectivity index (χ4n) is 0.507. The Morgan fingerprint density at radius 1 is 1.06 bits per heavy atom. The molecule has 96 valence electrons. The molecule has 0 aliphatic heterocycles. The van der Waals surface area contributed by atoms with E-state index >= 15 is 0 Å². The topological polar surface area (TPSA) is 118 Å². The highest BCUT2D eigenvalue weighted by atomic mass is 28.4. The van der Waals surface area contributed by atoms with E-state index in [1.165, 1.54) is 6.08 Å². The smallest absolute Gasteiger partial charge is 0.508 e. The molecule has 0 aliphatic carbocycles. The van der Waals surface area contributed by atoms with Crippen LogP contribution in [-0.4, -0.2) is 39.6 Å². The highest BCUT2D eigenvalue weighted by molar-refractivity contribution is 6.46. The van der Waals surface area contributed by atoms with E-state index in [1.54, 1.807) is 37.3 Å². The molecule has 6 nitrogen and oxygen atoms in total. The molecule has 0 saturated heterocycles. The van der Waals surface area contributed by atoms with Gasteiger partial charge in [0.15, 0.2) is 0 Å². The van der Waals surface area contributed by atoms with Gasteiger partial charge in [-0.3, -0.25) is 4.79 Å². The molecule has 7 heteroatoms. The predicted molar refractivity (Wildman–Crippen MR) is 63.6 cm³/mol. The van der Waals surface area contributed by atoms with E-state index in [9.17, 15) is 4.79 Å². The van der Waals surface area contributed by atoms with Crippen molar-refractivity contribution in [3.05, 3.63) is 42.5 Å². The van der Waals surface area contributed by atoms with Crippen LogP contribution in [0.25, 0.3) is 0 Å². The number of aromatic hydroxyl groups is 1. The van der Waals surface area contributed by atoms with Gasteiger partial charge >= 0.3 is 9.05 Å². The van der Waals surface area contributed by atoms with Crippen molar-refractivity contribution < 1.29 is 29.1 Å². The third-order valence-electron chi connectivity index (χ3n) is 1.03. The second kappa shape index (κ2) is 11.0. The lowest BCUT2D eigenvalue weighted by molar-refractivity contribution is -0.104. The van der Waals surface area contributed by atoms with E-state index in [1.807, 2.05) is 6.07 Å². The maximum absolute atomic E-state index is 9.32. The van der Waals surface area contributed by atoms with Gasteiger partial charge in [0.25, 0.3) is 0 Å². The number of rotatable bonds is 1. The van der Waals surface area contributed by atoms with Crippen molar-refractivity contribution >= 4 is 15.3 Å². The van der Waals surface area contributed by atoms with Crippen molar-refractivity contribution in [3.63, 3.8) is 0 Å². The summed E-state index contributed by atoms with van der Waals surface area (Å²) < 4.78 is 0. The number of carbonyl (C=O) groups excluding carboxylic acids is 1. The number of benzene rings is 1. The zero-order valence-corrected chi connectivity index (χ0v) is 10.3. The molecule has 0 heterocycles. The normalized spacial score (nSPS) is 9.71. The predicted octanol–water partition coefficient (Wildman–Crippen LogP) is -0.455. The van der Waals surface area contributed by atoms with Crippen molar-refractivity contribution in [2.45, 2.75) is 6.92 Å². The molecule has 1 aromatic carbocycles. The molecule has 0 fully saturated rings. The molecule has 0 radical (unpaired) electrons. The summed E-state index contributed by atoms with van der Waals surface area (Å²) in [6, 6.07) is 8.71. The molecule has 0 bridgehead atoms. The first-order chi connectivity index (χ1) is 7.81. The molecule has 0 aromatic heterocycles. The molecule has 5 N–H and O–H groups in total. The maximum atomic E-state index is 9.32. The van der Waals surface area contributed by atoms with Gasteiger partial charge in [0.05, 0.1) is 0 Å². The van der Waals surface area contributed by atoms with Crippen molar-refractivity contribution in [3.8, 4) is 5.75 Å². The van der Waals surface area contributed by atoms with E-state index in [0.717, 1.165) is 6.29 Å². The van der Waals surface area contributed by atoms with Gasteiger partial charge < -0.3 is 24.3 Å². The summed E-state index contributed by atoms with van der Waals surface area (Å²) in [5, 5.41) is 8.63. The van der Waals surface area contributed by atoms with Gasteiger partial charge in [0, 0.05) is 0 Å². The van der Waals surface area contributed by atoms with Gasteiger partial charge in [0.2, 0.25) is 0 Å². The molecule has 0 spiro atoms. The van der Waals surface area contributed by atoms with Gasteiger partial charge in [-0.05, 0) is 25.1 Å². The molecule has 0 amide bonds. The Hall–Kier alpha value is -1.51. The summed E-state index contributed by atoms with van der Waals surface area (Å²) in [5.74, 6) is 0.322. The number of carbonyl (C=O) groups is 1. The quantitative estimate of drug-likeness (QED) is 0.265. The molecular weight excluding hydrogens is 244 g/mol. The van der Waals surface area contributed by atoms with E-state index < -0.39 is 9.05 Å². The van der Waals surface area contributed by atoms with Gasteiger partial charge in [-0.1, -0.05) is 24.3 Å². The minimum absolute atomic E-state index is 0.322. The Kier molecular flexibility index (Phi) is 11.5. The largest absolute Gasteiger partial charge is 0.668 e. The zero-order valence-electron chi connectivity index (χ0n) is 9.26. The van der Waals surface area contributed by atoms with Gasteiger partial charge in [-0.25, -0.2) is 0 Å². The standard InChI is InChI=1S/C6H6O.C4H6O.H4O4Si/c7-6-4-2-1-3-5-6;1-2-3-4-5;1-5(2,3)4/h1-5,7H;2-4H,1H3;1-4H. The summed E-state index contributed by atoms with van der Waals surface area (Å²) in [5.41, 5.74) is 0. The summed E-state index contributed by atoms with van der Waals surface area (Å²) in [6.45, 7) is 1.80. The highest BCUT2D eigenvalue weighted by Gasteiger charge is 2.22. The molecule has 1 rings (SSSR count). The fraction of sp³-hybridized carbons (Fsp3) is 0.100. The van der Waals surface area contributed by atoms with Crippen molar-refractivity contribution in [2.24, 2.45) is 0 Å². The minimum Gasteiger partial charge on any atom is -0.508 e. The van der Waals surface area contributed by atoms with Crippen LogP contribution < -0.4 is 0 Å². The van der Waals surface area contributed by atoms with Gasteiger partial charge in [-0.2, -0.15) is 0 Å². The molecule has 0 atom stereocenters. The van der Waals surface area contributed by atoms with Crippen LogP contribution in [0.3, 0.4) is 0 Å². The van der Waals surface area contributed by atoms with E-state index in [-0.39, 0.29) is 0 Å². The second-order valence-corrected chi connectivity index (χ2v) is 3.80. The minimum atomic E-state index is -4.61. The monoisotopic (exact) mass is 260 g/mol.